The van der Waals surface area contributed by atoms with Crippen LogP contribution in [0.3, 0.4) is 0 Å². The second-order valence-electron chi connectivity index (χ2n) is 8.31. The predicted octanol–water partition coefficient (Wildman–Crippen LogP) is 5.32. The Labute approximate surface area is 208 Å². The van der Waals surface area contributed by atoms with E-state index in [0.717, 1.165) is 6.07 Å². The third-order valence-electron chi connectivity index (χ3n) is 5.89. The van der Waals surface area contributed by atoms with Crippen molar-refractivity contribution in [2.24, 2.45) is 4.99 Å². The van der Waals surface area contributed by atoms with Gasteiger partial charge in [-0.15, -0.1) is 11.3 Å². The molecular formula is C25H21F3N4O3S. The molecule has 0 aliphatic carbocycles. The summed E-state index contributed by atoms with van der Waals surface area (Å²) in [7, 11) is 0. The number of rotatable bonds is 4. The second-order valence-corrected chi connectivity index (χ2v) is 9.06. The molecule has 2 aliphatic rings. The lowest BCUT2D eigenvalue weighted by molar-refractivity contribution is -0.137. The fraction of sp³-hybridized carbons (Fsp3) is 0.240. The number of benzene rings is 2. The molecule has 0 bridgehead atoms. The van der Waals surface area contributed by atoms with Crippen LogP contribution >= 0.6 is 11.3 Å². The predicted molar refractivity (Wildman–Crippen MR) is 133 cm³/mol. The van der Waals surface area contributed by atoms with Crippen molar-refractivity contribution in [1.29, 1.82) is 0 Å². The van der Waals surface area contributed by atoms with Crippen LogP contribution < -0.4 is 15.5 Å². The first-order chi connectivity index (χ1) is 17.3. The Morgan fingerprint density at radius 2 is 1.83 bits per heavy atom. The number of morpholine rings is 1. The number of carbonyl (C=O) groups is 2. The van der Waals surface area contributed by atoms with Crippen molar-refractivity contribution in [3.63, 3.8) is 0 Å². The molecular weight excluding hydrogens is 493 g/mol. The summed E-state index contributed by atoms with van der Waals surface area (Å²) in [4.78, 5) is 31.2. The van der Waals surface area contributed by atoms with Crippen LogP contribution in [0.25, 0.3) is 0 Å². The molecule has 2 aliphatic heterocycles. The number of hydrogen-bond acceptors (Lipinski definition) is 6. The van der Waals surface area contributed by atoms with Gasteiger partial charge in [-0.05, 0) is 35.9 Å². The van der Waals surface area contributed by atoms with Gasteiger partial charge in [-0.2, -0.15) is 13.2 Å². The minimum atomic E-state index is -4.61. The van der Waals surface area contributed by atoms with Crippen molar-refractivity contribution in [1.82, 2.24) is 0 Å². The molecule has 186 valence electrons. The number of anilines is 3. The van der Waals surface area contributed by atoms with Crippen molar-refractivity contribution >= 4 is 51.6 Å². The molecule has 5 rings (SSSR count). The summed E-state index contributed by atoms with van der Waals surface area (Å²) < 4.78 is 46.6. The minimum Gasteiger partial charge on any atom is -0.378 e. The number of fused-ring (bicyclic) bond motifs is 1. The van der Waals surface area contributed by atoms with Crippen molar-refractivity contribution in [3.8, 4) is 0 Å². The summed E-state index contributed by atoms with van der Waals surface area (Å²) in [5.74, 6) is -0.833. The Morgan fingerprint density at radius 1 is 1.08 bits per heavy atom. The summed E-state index contributed by atoms with van der Waals surface area (Å²) in [6.07, 6.45) is -4.51. The zero-order valence-corrected chi connectivity index (χ0v) is 19.7. The smallest absolute Gasteiger partial charge is 0.378 e. The highest BCUT2D eigenvalue weighted by Gasteiger charge is 2.36. The van der Waals surface area contributed by atoms with E-state index in [1.807, 2.05) is 10.8 Å². The fourth-order valence-corrected chi connectivity index (χ4v) is 4.79. The Morgan fingerprint density at radius 3 is 2.56 bits per heavy atom. The van der Waals surface area contributed by atoms with Crippen LogP contribution in [0.5, 0.6) is 0 Å². The van der Waals surface area contributed by atoms with Crippen LogP contribution in [0, 0.1) is 0 Å². The molecule has 0 saturated carbocycles. The number of alkyl halides is 3. The van der Waals surface area contributed by atoms with Gasteiger partial charge in [0, 0.05) is 40.8 Å². The van der Waals surface area contributed by atoms with Gasteiger partial charge in [-0.1, -0.05) is 12.1 Å². The average Bonchev–Trinajstić information content (AvgIpc) is 3.23. The molecule has 3 aromatic rings. The van der Waals surface area contributed by atoms with E-state index in [1.165, 1.54) is 23.5 Å². The molecule has 1 saturated heterocycles. The molecule has 1 aromatic heterocycles. The highest BCUT2D eigenvalue weighted by Crippen LogP contribution is 2.38. The number of aliphatic imine (C=N–C) groups is 1. The van der Waals surface area contributed by atoms with Gasteiger partial charge >= 0.3 is 6.18 Å². The zero-order valence-electron chi connectivity index (χ0n) is 18.9. The Bertz CT molecular complexity index is 1330. The maximum atomic E-state index is 13.8. The third-order valence-corrected chi connectivity index (χ3v) is 6.62. The molecule has 0 unspecified atom stereocenters. The molecule has 3 heterocycles. The number of amides is 2. The van der Waals surface area contributed by atoms with Gasteiger partial charge in [0.2, 0.25) is 5.91 Å². The van der Waals surface area contributed by atoms with E-state index in [1.54, 1.807) is 29.2 Å². The van der Waals surface area contributed by atoms with Gasteiger partial charge in [-0.3, -0.25) is 9.59 Å². The first-order valence-electron chi connectivity index (χ1n) is 11.2. The first-order valence-corrected chi connectivity index (χ1v) is 12.1. The number of hydrogen-bond donors (Lipinski definition) is 2. The summed E-state index contributed by atoms with van der Waals surface area (Å²) >= 11 is 1.43. The number of nitrogens with one attached hydrogen (secondary N) is 2. The topological polar surface area (TPSA) is 83.0 Å². The van der Waals surface area contributed by atoms with E-state index < -0.39 is 17.6 Å². The SMILES string of the molecule is O=C1CC(c2ccc(NC(=O)c3ccc(N4CCOCC4)c(C(F)(F)F)c3)cc2)=Nc2cscc2N1. The number of nitrogens with zero attached hydrogens (tertiary/aromatic N) is 2. The van der Waals surface area contributed by atoms with E-state index in [2.05, 4.69) is 15.6 Å². The van der Waals surface area contributed by atoms with Gasteiger partial charge < -0.3 is 20.3 Å². The van der Waals surface area contributed by atoms with E-state index in [4.69, 9.17) is 4.74 Å². The molecule has 0 spiro atoms. The zero-order chi connectivity index (χ0) is 25.3. The fourth-order valence-electron chi connectivity index (χ4n) is 4.10. The van der Waals surface area contributed by atoms with Crippen LogP contribution in [-0.2, 0) is 15.7 Å². The Kier molecular flexibility index (Phi) is 6.50. The molecule has 11 heteroatoms. The summed E-state index contributed by atoms with van der Waals surface area (Å²) in [5.41, 5.74) is 2.12. The van der Waals surface area contributed by atoms with Crippen molar-refractivity contribution in [2.45, 2.75) is 12.6 Å². The third kappa shape index (κ3) is 5.12. The van der Waals surface area contributed by atoms with Crippen molar-refractivity contribution in [3.05, 3.63) is 69.9 Å². The highest BCUT2D eigenvalue weighted by atomic mass is 32.1. The van der Waals surface area contributed by atoms with Crippen molar-refractivity contribution < 1.29 is 27.5 Å². The number of ether oxygens (including phenoxy) is 1. The monoisotopic (exact) mass is 514 g/mol. The Hall–Kier alpha value is -3.70. The van der Waals surface area contributed by atoms with E-state index in [-0.39, 0.29) is 23.6 Å². The normalized spacial score (nSPS) is 16.0. The lowest BCUT2D eigenvalue weighted by Gasteiger charge is -2.31. The van der Waals surface area contributed by atoms with E-state index in [0.29, 0.717) is 54.6 Å². The van der Waals surface area contributed by atoms with Crippen LogP contribution in [0.15, 0.2) is 58.2 Å². The molecule has 2 aromatic carbocycles. The standard InChI is InChI=1S/C25H21F3N4O3S/c26-25(27,28)18-11-16(3-6-22(18)32-7-9-35-10-8-32)24(34)29-17-4-1-15(2-5-17)19-12-23(33)31-21-14-36-13-20(21)30-19/h1-6,11,13-14H,7-10,12H2,(H,29,34)(H,31,33). The summed E-state index contributed by atoms with van der Waals surface area (Å²) in [6.45, 7) is 1.39. The molecule has 1 fully saturated rings. The molecule has 2 amide bonds. The maximum Gasteiger partial charge on any atom is 0.418 e. The molecule has 2 N–H and O–H groups in total. The van der Waals surface area contributed by atoms with E-state index >= 15 is 0 Å². The molecule has 7 nitrogen and oxygen atoms in total. The quantitative estimate of drug-likeness (QED) is 0.494. The highest BCUT2D eigenvalue weighted by molar-refractivity contribution is 7.09. The van der Waals surface area contributed by atoms with Crippen LogP contribution in [0.1, 0.15) is 27.9 Å². The average molecular weight is 515 g/mol. The van der Waals surface area contributed by atoms with Crippen molar-refractivity contribution in [2.75, 3.05) is 41.8 Å². The number of halogens is 3. The Balaban J connectivity index is 1.34. The molecule has 0 atom stereocenters. The largest absolute Gasteiger partial charge is 0.418 e. The maximum absolute atomic E-state index is 13.8. The first kappa shape index (κ1) is 24.0. The number of carbonyl (C=O) groups excluding carboxylic acids is 2. The summed E-state index contributed by atoms with van der Waals surface area (Å²) in [6, 6.07) is 10.3. The minimum absolute atomic E-state index is 0.0358. The van der Waals surface area contributed by atoms with Gasteiger partial charge in [0.25, 0.3) is 5.91 Å². The number of thiophene rings is 1. The summed E-state index contributed by atoms with van der Waals surface area (Å²) in [5, 5.41) is 9.11. The molecule has 36 heavy (non-hydrogen) atoms. The molecule has 0 radical (unpaired) electrons. The van der Waals surface area contributed by atoms with E-state index in [9.17, 15) is 22.8 Å². The van der Waals surface area contributed by atoms with Gasteiger partial charge in [0.05, 0.1) is 42.3 Å². The van der Waals surface area contributed by atoms with Crippen LogP contribution in [0.2, 0.25) is 0 Å². The van der Waals surface area contributed by atoms with Crippen LogP contribution in [-0.4, -0.2) is 43.8 Å². The van der Waals surface area contributed by atoms with Crippen LogP contribution in [0.4, 0.5) is 35.9 Å². The van der Waals surface area contributed by atoms with Gasteiger partial charge in [-0.25, -0.2) is 4.99 Å². The second kappa shape index (κ2) is 9.75. The van der Waals surface area contributed by atoms with Gasteiger partial charge in [0.1, 0.15) is 0 Å². The van der Waals surface area contributed by atoms with Gasteiger partial charge in [0.15, 0.2) is 0 Å². The lowest BCUT2D eigenvalue weighted by atomic mass is 10.0. The lowest BCUT2D eigenvalue weighted by Crippen LogP contribution is -2.37.